The molecule has 10 heteroatoms. The zero-order valence-electron chi connectivity index (χ0n) is 13.5. The molecule has 2 aromatic heterocycles. The summed E-state index contributed by atoms with van der Waals surface area (Å²) in [5.41, 5.74) is 0.619. The third-order valence-corrected chi connectivity index (χ3v) is 5.42. The van der Waals surface area contributed by atoms with E-state index in [9.17, 15) is 13.2 Å². The van der Waals surface area contributed by atoms with E-state index in [1.807, 2.05) is 0 Å². The van der Waals surface area contributed by atoms with Crippen LogP contribution in [0.1, 0.15) is 10.4 Å². The first-order chi connectivity index (χ1) is 12.4. The smallest absolute Gasteiger partial charge is 0.255 e. The maximum atomic E-state index is 12.4. The van der Waals surface area contributed by atoms with Crippen molar-refractivity contribution in [3.8, 4) is 5.82 Å². The maximum Gasteiger partial charge on any atom is 0.255 e. The largest absolute Gasteiger partial charge is 0.321 e. The summed E-state index contributed by atoms with van der Waals surface area (Å²) in [5, 5.41) is 2.69. The van der Waals surface area contributed by atoms with Crippen LogP contribution in [0.15, 0.2) is 60.1 Å². The Hall–Kier alpha value is -2.75. The fourth-order valence-electron chi connectivity index (χ4n) is 2.17. The number of nitrogens with one attached hydrogen (secondary N) is 2. The Bertz CT molecular complexity index is 1030. The van der Waals surface area contributed by atoms with E-state index in [0.717, 1.165) is 0 Å². The highest BCUT2D eigenvalue weighted by Gasteiger charge is 2.18. The first kappa shape index (κ1) is 18.1. The molecule has 0 fully saturated rings. The molecule has 2 N–H and O–H groups in total. The predicted molar refractivity (Wildman–Crippen MR) is 97.0 cm³/mol. The van der Waals surface area contributed by atoms with E-state index < -0.39 is 15.9 Å². The Kier molecular flexibility index (Phi) is 5.03. The van der Waals surface area contributed by atoms with E-state index in [0.29, 0.717) is 11.5 Å². The molecule has 0 saturated heterocycles. The lowest BCUT2D eigenvalue weighted by molar-refractivity contribution is 0.102. The molecule has 0 atom stereocenters. The van der Waals surface area contributed by atoms with Gasteiger partial charge in [-0.1, -0.05) is 11.6 Å². The summed E-state index contributed by atoms with van der Waals surface area (Å²) in [6.07, 6.45) is 6.49. The van der Waals surface area contributed by atoms with Crippen molar-refractivity contribution in [2.45, 2.75) is 4.90 Å². The van der Waals surface area contributed by atoms with Crippen LogP contribution in [0.5, 0.6) is 0 Å². The van der Waals surface area contributed by atoms with Gasteiger partial charge in [-0.25, -0.2) is 23.1 Å². The molecule has 0 unspecified atom stereocenters. The average molecular weight is 392 g/mol. The van der Waals surface area contributed by atoms with E-state index in [1.54, 1.807) is 35.4 Å². The predicted octanol–water partition coefficient (Wildman–Crippen LogP) is 2.08. The van der Waals surface area contributed by atoms with Gasteiger partial charge in [0.15, 0.2) is 0 Å². The van der Waals surface area contributed by atoms with Gasteiger partial charge in [0.1, 0.15) is 17.0 Å². The van der Waals surface area contributed by atoms with Crippen molar-refractivity contribution in [3.63, 3.8) is 0 Å². The summed E-state index contributed by atoms with van der Waals surface area (Å²) in [4.78, 5) is 20.4. The highest BCUT2D eigenvalue weighted by atomic mass is 35.5. The number of carbonyl (C=O) groups is 1. The summed E-state index contributed by atoms with van der Waals surface area (Å²) in [5.74, 6) is 0.167. The van der Waals surface area contributed by atoms with Gasteiger partial charge in [-0.05, 0) is 37.4 Å². The summed E-state index contributed by atoms with van der Waals surface area (Å²) < 4.78 is 27.8. The van der Waals surface area contributed by atoms with Gasteiger partial charge >= 0.3 is 0 Å². The summed E-state index contributed by atoms with van der Waals surface area (Å²) in [7, 11) is -2.50. The van der Waals surface area contributed by atoms with Gasteiger partial charge in [-0.2, -0.15) is 0 Å². The van der Waals surface area contributed by atoms with E-state index in [-0.39, 0.29) is 15.5 Å². The number of sulfonamides is 1. The topological polar surface area (TPSA) is 106 Å². The number of carbonyl (C=O) groups excluding carboxylic acids is 1. The molecule has 0 bridgehead atoms. The van der Waals surface area contributed by atoms with Gasteiger partial charge < -0.3 is 5.32 Å². The Balaban J connectivity index is 1.81. The fraction of sp³-hybridized carbons (Fsp3) is 0.0625. The highest BCUT2D eigenvalue weighted by molar-refractivity contribution is 7.89. The SMILES string of the molecule is CNS(=O)(=O)c1cc(C(=O)Nc2ccc(-n3ccnc3)nc2)ccc1Cl. The molecule has 26 heavy (non-hydrogen) atoms. The Morgan fingerprint density at radius 2 is 2.04 bits per heavy atom. The lowest BCUT2D eigenvalue weighted by atomic mass is 10.2. The fourth-order valence-corrected chi connectivity index (χ4v) is 3.42. The molecule has 0 radical (unpaired) electrons. The number of benzene rings is 1. The number of aromatic nitrogens is 3. The number of pyridine rings is 1. The van der Waals surface area contributed by atoms with Crippen molar-refractivity contribution in [2.24, 2.45) is 0 Å². The lowest BCUT2D eigenvalue weighted by Gasteiger charge is -2.09. The molecule has 0 aliphatic carbocycles. The van der Waals surface area contributed by atoms with E-state index >= 15 is 0 Å². The zero-order valence-corrected chi connectivity index (χ0v) is 15.1. The van der Waals surface area contributed by atoms with Crippen LogP contribution in [0.4, 0.5) is 5.69 Å². The maximum absolute atomic E-state index is 12.4. The second kappa shape index (κ2) is 7.24. The molecule has 134 valence electrons. The summed E-state index contributed by atoms with van der Waals surface area (Å²) in [6, 6.07) is 7.43. The second-order valence-electron chi connectivity index (χ2n) is 5.18. The van der Waals surface area contributed by atoms with Crippen molar-refractivity contribution in [1.82, 2.24) is 19.3 Å². The van der Waals surface area contributed by atoms with Crippen LogP contribution in [-0.2, 0) is 10.0 Å². The first-order valence-electron chi connectivity index (χ1n) is 7.39. The Labute approximate surface area is 154 Å². The normalized spacial score (nSPS) is 11.3. The quantitative estimate of drug-likeness (QED) is 0.692. The summed E-state index contributed by atoms with van der Waals surface area (Å²) >= 11 is 5.92. The third-order valence-electron chi connectivity index (χ3n) is 3.53. The van der Waals surface area contributed by atoms with Gasteiger partial charge in [0.2, 0.25) is 10.0 Å². The molecule has 3 rings (SSSR count). The molecule has 2 heterocycles. The number of rotatable bonds is 5. The number of anilines is 1. The lowest BCUT2D eigenvalue weighted by Crippen LogP contribution is -2.20. The molecule has 0 spiro atoms. The van der Waals surface area contributed by atoms with Crippen molar-refractivity contribution >= 4 is 33.2 Å². The van der Waals surface area contributed by atoms with Crippen LogP contribution in [0, 0.1) is 0 Å². The molecule has 1 aromatic carbocycles. The van der Waals surface area contributed by atoms with Crippen LogP contribution in [-0.4, -0.2) is 35.9 Å². The number of hydrogen-bond donors (Lipinski definition) is 2. The third kappa shape index (κ3) is 3.74. The minimum absolute atomic E-state index is 0.0299. The molecule has 0 saturated carbocycles. The van der Waals surface area contributed by atoms with Gasteiger partial charge in [-0.3, -0.25) is 9.36 Å². The van der Waals surface area contributed by atoms with Gasteiger partial charge in [0.05, 0.1) is 16.9 Å². The molecular formula is C16H14ClN5O3S. The molecule has 0 aliphatic rings. The minimum atomic E-state index is -3.77. The van der Waals surface area contributed by atoms with Crippen molar-refractivity contribution in [1.29, 1.82) is 0 Å². The zero-order chi connectivity index (χ0) is 18.7. The monoisotopic (exact) mass is 391 g/mol. The van der Waals surface area contributed by atoms with Gasteiger partial charge in [0.25, 0.3) is 5.91 Å². The number of imidazole rings is 1. The van der Waals surface area contributed by atoms with E-state index in [2.05, 4.69) is 20.0 Å². The highest BCUT2D eigenvalue weighted by Crippen LogP contribution is 2.23. The number of nitrogens with zero attached hydrogens (tertiary/aromatic N) is 3. The Morgan fingerprint density at radius 1 is 1.23 bits per heavy atom. The molecule has 1 amide bonds. The standard InChI is InChI=1S/C16H14ClN5O3S/c1-18-26(24,25)14-8-11(2-4-13(14)17)16(23)21-12-3-5-15(20-9-12)22-7-6-19-10-22/h2-10,18H,1H3,(H,21,23). The van der Waals surface area contributed by atoms with Crippen molar-refractivity contribution < 1.29 is 13.2 Å². The van der Waals surface area contributed by atoms with Crippen molar-refractivity contribution in [2.75, 3.05) is 12.4 Å². The van der Waals surface area contributed by atoms with Gasteiger partial charge in [0, 0.05) is 18.0 Å². The van der Waals surface area contributed by atoms with Crippen LogP contribution >= 0.6 is 11.6 Å². The molecule has 8 nitrogen and oxygen atoms in total. The second-order valence-corrected chi connectivity index (χ2v) is 7.44. The van der Waals surface area contributed by atoms with E-state index in [1.165, 1.54) is 31.4 Å². The first-order valence-corrected chi connectivity index (χ1v) is 9.25. The average Bonchev–Trinajstić information content (AvgIpc) is 3.17. The molecule has 0 aliphatic heterocycles. The van der Waals surface area contributed by atoms with Crippen LogP contribution in [0.3, 0.4) is 0 Å². The Morgan fingerprint density at radius 3 is 2.65 bits per heavy atom. The number of amides is 1. The van der Waals surface area contributed by atoms with Crippen LogP contribution in [0.2, 0.25) is 5.02 Å². The van der Waals surface area contributed by atoms with Crippen LogP contribution < -0.4 is 10.0 Å². The van der Waals surface area contributed by atoms with Crippen LogP contribution in [0.25, 0.3) is 5.82 Å². The number of hydrogen-bond acceptors (Lipinski definition) is 5. The molecular weight excluding hydrogens is 378 g/mol. The molecule has 3 aromatic rings. The van der Waals surface area contributed by atoms with Crippen molar-refractivity contribution in [3.05, 3.63) is 65.8 Å². The number of halogens is 1. The minimum Gasteiger partial charge on any atom is -0.321 e. The summed E-state index contributed by atoms with van der Waals surface area (Å²) in [6.45, 7) is 0. The van der Waals surface area contributed by atoms with Gasteiger partial charge in [-0.15, -0.1) is 0 Å². The van der Waals surface area contributed by atoms with E-state index in [4.69, 9.17) is 11.6 Å².